The van der Waals surface area contributed by atoms with Gasteiger partial charge in [-0.2, -0.15) is 0 Å². The number of hydrogen-bond donors (Lipinski definition) is 2. The number of likely N-dealkylation sites (N-methyl/N-ethyl adjacent to an activating group) is 1. The maximum absolute atomic E-state index is 7.96. The molecule has 6 aromatic rings. The SMILES string of the molecule is [2H]C([2H])([2H])NC1C2CC(c3ccccc32)C1Nc1cccc(Oc2ccc3c4ccccc4n(-c4cc(C(C)(C)C)ccn4)c3c2)c1. The highest BCUT2D eigenvalue weighted by molar-refractivity contribution is 6.09. The topological polar surface area (TPSA) is 51.1 Å². The smallest absolute Gasteiger partial charge is 0.137 e. The Morgan fingerprint density at radius 3 is 2.34 bits per heavy atom. The third-order valence-electron chi connectivity index (χ3n) is 9.61. The summed E-state index contributed by atoms with van der Waals surface area (Å²) in [5.41, 5.74) is 6.81. The van der Waals surface area contributed by atoms with E-state index in [4.69, 9.17) is 13.8 Å². The Morgan fingerprint density at radius 1 is 0.773 bits per heavy atom. The zero-order valence-corrected chi connectivity index (χ0v) is 25.2. The summed E-state index contributed by atoms with van der Waals surface area (Å²) in [5, 5.41) is 8.97. The van der Waals surface area contributed by atoms with E-state index in [1.807, 2.05) is 42.6 Å². The Labute approximate surface area is 263 Å². The highest BCUT2D eigenvalue weighted by atomic mass is 16.5. The predicted molar refractivity (Wildman–Crippen MR) is 181 cm³/mol. The number of para-hydroxylation sites is 1. The number of nitrogens with one attached hydrogen (secondary N) is 2. The molecule has 0 aliphatic heterocycles. The number of nitrogens with zero attached hydrogens (tertiary/aromatic N) is 2. The fourth-order valence-electron chi connectivity index (χ4n) is 7.52. The van der Waals surface area contributed by atoms with Gasteiger partial charge in [-0.25, -0.2) is 4.98 Å². The fourth-order valence-corrected chi connectivity index (χ4v) is 7.52. The second-order valence-corrected chi connectivity index (χ2v) is 13.2. The molecule has 1 fully saturated rings. The molecule has 44 heavy (non-hydrogen) atoms. The molecule has 2 aromatic heterocycles. The van der Waals surface area contributed by atoms with Gasteiger partial charge in [0.1, 0.15) is 17.3 Å². The highest BCUT2D eigenvalue weighted by Crippen LogP contribution is 2.53. The van der Waals surface area contributed by atoms with Crippen LogP contribution >= 0.6 is 0 Å². The lowest BCUT2D eigenvalue weighted by Crippen LogP contribution is -2.45. The van der Waals surface area contributed by atoms with Crippen LogP contribution in [0.4, 0.5) is 5.69 Å². The molecule has 220 valence electrons. The second-order valence-electron chi connectivity index (χ2n) is 13.2. The average Bonchev–Trinajstić information content (AvgIpc) is 3.69. The molecule has 1 saturated carbocycles. The lowest BCUT2D eigenvalue weighted by atomic mass is 9.84. The van der Waals surface area contributed by atoms with Crippen molar-refractivity contribution in [3.63, 3.8) is 0 Å². The van der Waals surface area contributed by atoms with E-state index in [1.54, 1.807) is 0 Å². The molecule has 4 unspecified atom stereocenters. The number of benzene rings is 4. The first-order valence-electron chi connectivity index (χ1n) is 16.9. The van der Waals surface area contributed by atoms with Crippen molar-refractivity contribution in [1.29, 1.82) is 0 Å². The van der Waals surface area contributed by atoms with Gasteiger partial charge in [-0.15, -0.1) is 0 Å². The largest absolute Gasteiger partial charge is 0.457 e. The molecule has 2 bridgehead atoms. The van der Waals surface area contributed by atoms with Crippen molar-refractivity contribution in [3.05, 3.63) is 126 Å². The van der Waals surface area contributed by atoms with Gasteiger partial charge in [0.05, 0.1) is 11.0 Å². The molecule has 4 atom stereocenters. The standard InChI is InChI=1S/C39H38N4O/c1-39(2,3)24-18-19-41-36(20-24)43-34-15-8-7-14-30(34)31-17-16-27(22-35(31)43)44-26-11-9-10-25(21-26)42-38-33-23-32(37(38)40-4)28-12-5-6-13-29(28)33/h5-22,32-33,37-38,40,42H,23H2,1-4H3/i4D3. The molecule has 5 nitrogen and oxygen atoms in total. The minimum atomic E-state index is -2.22. The van der Waals surface area contributed by atoms with Crippen molar-refractivity contribution >= 4 is 27.5 Å². The van der Waals surface area contributed by atoms with Gasteiger partial charge in [-0.3, -0.25) is 4.57 Å². The minimum Gasteiger partial charge on any atom is -0.457 e. The molecular formula is C39H38N4O. The lowest BCUT2D eigenvalue weighted by molar-refractivity contribution is 0.468. The predicted octanol–water partition coefficient (Wildman–Crippen LogP) is 8.92. The van der Waals surface area contributed by atoms with E-state index in [2.05, 4.69) is 103 Å². The van der Waals surface area contributed by atoms with Gasteiger partial charge in [0.15, 0.2) is 0 Å². The van der Waals surface area contributed by atoms with Crippen LogP contribution in [0, 0.1) is 0 Å². The number of pyridine rings is 1. The third-order valence-corrected chi connectivity index (χ3v) is 9.61. The molecule has 4 aromatic carbocycles. The van der Waals surface area contributed by atoms with Gasteiger partial charge in [0, 0.05) is 62.8 Å². The molecular weight excluding hydrogens is 540 g/mol. The van der Waals surface area contributed by atoms with E-state index in [0.29, 0.717) is 5.75 Å². The van der Waals surface area contributed by atoms with Crippen LogP contribution in [-0.4, -0.2) is 28.6 Å². The Kier molecular flexibility index (Phi) is 5.54. The van der Waals surface area contributed by atoms with Crippen LogP contribution in [0.3, 0.4) is 0 Å². The minimum absolute atomic E-state index is 0.00592. The summed E-state index contributed by atoms with van der Waals surface area (Å²) in [5.74, 6) is 2.69. The van der Waals surface area contributed by atoms with Crippen molar-refractivity contribution in [3.8, 4) is 17.3 Å². The lowest BCUT2D eigenvalue weighted by Gasteiger charge is -2.34. The maximum Gasteiger partial charge on any atom is 0.137 e. The molecule has 5 heteroatoms. The van der Waals surface area contributed by atoms with Gasteiger partial charge < -0.3 is 15.4 Å². The third kappa shape index (κ3) is 4.37. The van der Waals surface area contributed by atoms with Crippen LogP contribution in [0.15, 0.2) is 109 Å². The highest BCUT2D eigenvalue weighted by Gasteiger charge is 2.50. The summed E-state index contributed by atoms with van der Waals surface area (Å²) in [6, 6.07) is 35.0. The molecule has 2 aliphatic rings. The number of fused-ring (bicyclic) bond motifs is 8. The molecule has 2 N–H and O–H groups in total. The average molecular weight is 582 g/mol. The van der Waals surface area contributed by atoms with Gasteiger partial charge in [-0.1, -0.05) is 69.3 Å². The van der Waals surface area contributed by atoms with Gasteiger partial charge in [0.25, 0.3) is 0 Å². The second kappa shape index (κ2) is 10.2. The normalized spacial score (nSPS) is 22.0. The van der Waals surface area contributed by atoms with Crippen molar-refractivity contribution in [2.24, 2.45) is 0 Å². The van der Waals surface area contributed by atoms with Crippen LogP contribution in [-0.2, 0) is 5.41 Å². The van der Waals surface area contributed by atoms with Crippen LogP contribution in [0.25, 0.3) is 27.6 Å². The summed E-state index contributed by atoms with van der Waals surface area (Å²) < 4.78 is 32.6. The molecule has 0 radical (unpaired) electrons. The van der Waals surface area contributed by atoms with Crippen molar-refractivity contribution in [1.82, 2.24) is 14.9 Å². The Bertz CT molecular complexity index is 2130. The van der Waals surface area contributed by atoms with E-state index in [9.17, 15) is 0 Å². The van der Waals surface area contributed by atoms with E-state index < -0.39 is 6.98 Å². The van der Waals surface area contributed by atoms with E-state index in [1.165, 1.54) is 16.7 Å². The number of ether oxygens (including phenoxy) is 1. The summed E-state index contributed by atoms with van der Waals surface area (Å²) in [7, 11) is 0. The molecule has 8 rings (SSSR count). The molecule has 0 spiro atoms. The van der Waals surface area contributed by atoms with E-state index in [-0.39, 0.29) is 29.3 Å². The van der Waals surface area contributed by atoms with Gasteiger partial charge in [0.2, 0.25) is 0 Å². The zero-order valence-electron chi connectivity index (χ0n) is 28.2. The maximum atomic E-state index is 7.96. The van der Waals surface area contributed by atoms with Crippen LogP contribution < -0.4 is 15.4 Å². The fraction of sp³-hybridized carbons (Fsp3) is 0.256. The summed E-state index contributed by atoms with van der Waals surface area (Å²) >= 11 is 0. The Morgan fingerprint density at radius 2 is 1.52 bits per heavy atom. The first kappa shape index (κ1) is 23.8. The summed E-state index contributed by atoms with van der Waals surface area (Å²) in [6.07, 6.45) is 2.82. The molecule has 0 amide bonds. The molecule has 2 heterocycles. The van der Waals surface area contributed by atoms with Crippen LogP contribution in [0.1, 0.15) is 59.8 Å². The number of anilines is 1. The van der Waals surface area contributed by atoms with Gasteiger partial charge >= 0.3 is 0 Å². The van der Waals surface area contributed by atoms with E-state index >= 15 is 0 Å². The quantitative estimate of drug-likeness (QED) is 0.206. The van der Waals surface area contributed by atoms with Crippen molar-refractivity contribution in [2.75, 3.05) is 12.3 Å². The first-order chi connectivity index (χ1) is 22.5. The van der Waals surface area contributed by atoms with Crippen molar-refractivity contribution in [2.45, 2.75) is 56.5 Å². The number of hydrogen-bond acceptors (Lipinski definition) is 4. The van der Waals surface area contributed by atoms with Crippen LogP contribution in [0.5, 0.6) is 11.5 Å². The number of rotatable bonds is 6. The first-order valence-corrected chi connectivity index (χ1v) is 15.4. The van der Waals surface area contributed by atoms with Crippen molar-refractivity contribution < 1.29 is 8.85 Å². The number of aromatic nitrogens is 2. The summed E-state index contributed by atoms with van der Waals surface area (Å²) in [4.78, 5) is 4.80. The Hall–Kier alpha value is -4.61. The van der Waals surface area contributed by atoms with Gasteiger partial charge in [-0.05, 0) is 78.0 Å². The monoisotopic (exact) mass is 581 g/mol. The Balaban J connectivity index is 1.12. The summed E-state index contributed by atoms with van der Waals surface area (Å²) in [6.45, 7) is 4.42. The van der Waals surface area contributed by atoms with Crippen LogP contribution in [0.2, 0.25) is 0 Å². The zero-order chi connectivity index (χ0) is 32.5. The molecule has 2 aliphatic carbocycles. The van der Waals surface area contributed by atoms with E-state index in [0.717, 1.165) is 45.5 Å². The molecule has 0 saturated heterocycles.